The predicted molar refractivity (Wildman–Crippen MR) is 270 cm³/mol. The number of hydrogen-bond acceptors (Lipinski definition) is 19. The Labute approximate surface area is 422 Å². The highest BCUT2D eigenvalue weighted by atomic mass is 32.5. The van der Waals surface area contributed by atoms with Gasteiger partial charge in [0.2, 0.25) is 17.8 Å². The van der Waals surface area contributed by atoms with Crippen molar-refractivity contribution in [2.45, 2.75) is 172 Å². The van der Waals surface area contributed by atoms with Gasteiger partial charge in [-0.3, -0.25) is 27.5 Å². The molecule has 392 valence electrons. The Morgan fingerprint density at radius 2 is 1.33 bits per heavy atom. The number of aromatic amines is 2. The predicted octanol–water partition coefficient (Wildman–Crippen LogP) is 6.97. The molecule has 0 spiro atoms. The van der Waals surface area contributed by atoms with Crippen LogP contribution in [0.4, 0.5) is 11.9 Å². The van der Waals surface area contributed by atoms with Gasteiger partial charge in [0.1, 0.15) is 51.0 Å². The number of H-pyrrole nitrogens is 2. The third kappa shape index (κ3) is 16.6. The summed E-state index contributed by atoms with van der Waals surface area (Å²) in [6.07, 6.45) is 13.7. The lowest BCUT2D eigenvalue weighted by Gasteiger charge is -2.26. The van der Waals surface area contributed by atoms with E-state index in [1.165, 1.54) is 87.9 Å². The second-order valence-electron chi connectivity index (χ2n) is 17.7. The maximum Gasteiger partial charge on any atom is 0.472 e. The molecule has 0 aromatic carbocycles. The molecule has 2 aliphatic heterocycles. The molecule has 0 bridgehead atoms. The molecule has 6 rings (SSSR count). The zero-order valence-electron chi connectivity index (χ0n) is 39.5. The van der Waals surface area contributed by atoms with Crippen LogP contribution in [0.5, 0.6) is 0 Å². The number of rotatable bonds is 32. The third-order valence-electron chi connectivity index (χ3n) is 12.2. The van der Waals surface area contributed by atoms with E-state index < -0.39 is 70.7 Å². The first kappa shape index (κ1) is 56.4. The molecule has 0 radical (unpaired) electrons. The van der Waals surface area contributed by atoms with Crippen molar-refractivity contribution in [3.63, 3.8) is 0 Å². The van der Waals surface area contributed by atoms with Crippen LogP contribution in [0.3, 0.4) is 0 Å². The molecule has 4 aromatic rings. The largest absolute Gasteiger partial charge is 0.472 e. The normalized spacial score (nSPS) is 23.3. The molecule has 1 amide bonds. The summed E-state index contributed by atoms with van der Waals surface area (Å²) in [6, 6.07) is 0. The van der Waals surface area contributed by atoms with Crippen LogP contribution in [0.2, 0.25) is 0 Å². The highest BCUT2D eigenvalue weighted by Gasteiger charge is 2.49. The van der Waals surface area contributed by atoms with E-state index in [1.54, 1.807) is 4.57 Å². The zero-order valence-corrected chi connectivity index (χ0v) is 43.7. The average Bonchev–Trinajstić information content (AvgIpc) is 4.09. The van der Waals surface area contributed by atoms with E-state index in [1.807, 2.05) is 0 Å². The summed E-state index contributed by atoms with van der Waals surface area (Å²) in [5.74, 6) is 0.0839. The van der Waals surface area contributed by atoms with Crippen molar-refractivity contribution in [3.8, 4) is 0 Å². The van der Waals surface area contributed by atoms with Crippen LogP contribution >= 0.6 is 39.0 Å². The van der Waals surface area contributed by atoms with Gasteiger partial charge in [-0.05, 0) is 31.1 Å². The van der Waals surface area contributed by atoms with Crippen molar-refractivity contribution in [1.82, 2.24) is 44.4 Å². The first-order valence-corrected chi connectivity index (χ1v) is 29.1. The highest BCUT2D eigenvalue weighted by Crippen LogP contribution is 2.51. The number of carbonyl (C=O) groups is 1. The van der Waals surface area contributed by atoms with Gasteiger partial charge >= 0.3 is 14.5 Å². The number of nitrogen functional groups attached to an aromatic ring is 2. The number of phosphoric ester groups is 1. The number of aliphatic hydroxyl groups excluding tert-OH is 2. The molecule has 4 aromatic heterocycles. The van der Waals surface area contributed by atoms with Gasteiger partial charge in [-0.1, -0.05) is 121 Å². The van der Waals surface area contributed by atoms with E-state index in [4.69, 9.17) is 75.3 Å². The molecule has 2 aliphatic rings. The molecule has 11 N–H and O–H groups in total. The molecule has 0 aliphatic carbocycles. The summed E-state index contributed by atoms with van der Waals surface area (Å²) < 4.78 is 50.6. The number of nitrogens with two attached hydrogens (primary N) is 2. The molecule has 70 heavy (non-hydrogen) atoms. The molecule has 2 saturated heterocycles. The number of amides is 1. The molecule has 9 atom stereocenters. The smallest absolute Gasteiger partial charge is 0.390 e. The minimum atomic E-state index is -4.68. The van der Waals surface area contributed by atoms with Gasteiger partial charge in [-0.25, -0.2) is 14.5 Å². The van der Waals surface area contributed by atoms with E-state index in [9.17, 15) is 29.4 Å². The number of imidazole rings is 2. The Bertz CT molecular complexity index is 2520. The Kier molecular flexibility index (Phi) is 22.1. The lowest BCUT2D eigenvalue weighted by Crippen LogP contribution is -2.36. The van der Waals surface area contributed by atoms with Crippen molar-refractivity contribution in [3.05, 3.63) is 21.9 Å². The summed E-state index contributed by atoms with van der Waals surface area (Å²) in [4.78, 5) is 56.7. The lowest BCUT2D eigenvalue weighted by atomic mass is 10.0. The monoisotopic (exact) mass is 1080 g/mol. The second kappa shape index (κ2) is 27.4. The SMILES string of the molecule is CCCCCCCCCCCCCCCC(=O)NCCCCCCOP(=O)(O)OC[C@H]1O[C@@H](n2cnc3c(=S)[nH]c(N)nc32)C(O)C1OP(O)(=S)OC[C@H]1O[C@@H](n2cnc3c(=S)[nH]c(N)nc32)CC1O. The Morgan fingerprint density at radius 3 is 1.96 bits per heavy atom. The van der Waals surface area contributed by atoms with Gasteiger partial charge in [0, 0.05) is 19.4 Å². The fraction of sp³-hybridized carbons (Fsp3) is 0.738. The lowest BCUT2D eigenvalue weighted by molar-refractivity contribution is -0.121. The van der Waals surface area contributed by atoms with Gasteiger partial charge in [0.05, 0.1) is 38.6 Å². The molecule has 2 fully saturated rings. The Balaban J connectivity index is 0.926. The van der Waals surface area contributed by atoms with E-state index >= 15 is 0 Å². The first-order chi connectivity index (χ1) is 33.6. The van der Waals surface area contributed by atoms with E-state index in [0.717, 1.165) is 25.7 Å². The number of phosphoric acid groups is 1. The van der Waals surface area contributed by atoms with Crippen LogP contribution in [-0.4, -0.2) is 122 Å². The number of nitrogens with one attached hydrogen (secondary N) is 3. The first-order valence-electron chi connectivity index (χ1n) is 24.2. The fourth-order valence-electron chi connectivity index (χ4n) is 8.47. The van der Waals surface area contributed by atoms with Gasteiger partial charge < -0.3 is 60.7 Å². The number of ether oxygens (including phenoxy) is 2. The van der Waals surface area contributed by atoms with Gasteiger partial charge in [0.25, 0.3) is 0 Å². The Hall–Kier alpha value is -2.91. The fourth-order valence-corrected chi connectivity index (χ4v) is 11.2. The van der Waals surface area contributed by atoms with Crippen LogP contribution in [0.15, 0.2) is 12.7 Å². The molecule has 5 unspecified atom stereocenters. The number of hydrogen-bond donors (Lipinski definition) is 9. The van der Waals surface area contributed by atoms with Crippen molar-refractivity contribution in [1.29, 1.82) is 0 Å². The number of aliphatic hydroxyl groups is 2. The average molecular weight is 1080 g/mol. The number of carbonyl (C=O) groups excluding carboxylic acids is 1. The molecular weight excluding hydrogens is 1010 g/mol. The molecule has 28 heteroatoms. The van der Waals surface area contributed by atoms with Crippen LogP contribution in [-0.2, 0) is 48.7 Å². The van der Waals surface area contributed by atoms with E-state index in [-0.39, 0.29) is 51.3 Å². The van der Waals surface area contributed by atoms with Crippen molar-refractivity contribution >= 4 is 90.9 Å². The summed E-state index contributed by atoms with van der Waals surface area (Å²) >= 11 is 16.0. The summed E-state index contributed by atoms with van der Waals surface area (Å²) in [5.41, 5.74) is 12.9. The van der Waals surface area contributed by atoms with Crippen molar-refractivity contribution in [2.75, 3.05) is 37.8 Å². The number of fused-ring (bicyclic) bond motifs is 2. The maximum absolute atomic E-state index is 13.0. The maximum atomic E-state index is 13.0. The van der Waals surface area contributed by atoms with Crippen LogP contribution < -0.4 is 16.8 Å². The van der Waals surface area contributed by atoms with E-state index in [2.05, 4.69) is 42.1 Å². The van der Waals surface area contributed by atoms with E-state index in [0.29, 0.717) is 37.0 Å². The zero-order chi connectivity index (χ0) is 50.3. The second-order valence-corrected chi connectivity index (χ2v) is 22.8. The standard InChI is InChI=1S/C42H69N11O12P2S3/c1-2-3-4-5-6-7-8-9-10-11-12-13-16-19-30(55)45-20-17-14-15-18-21-60-66(57,58)61-24-29-35(34(56)40(64-29)53-26-47-33-37(53)49-42(44)51-39(33)69)65-67(59,70)62-23-28-27(54)22-31(63-28)52-25-46-32-36(52)48-41(43)50-38(32)68/h25-29,31,34-35,40,54,56H,2-24H2,1H3,(H,45,55)(H,57,58)(H,59,70)(H3,43,48,50,68)(H3,44,49,51,69)/t27?,28-,29-,31-,34?,35?,40-,67?/m1/s1. The minimum Gasteiger partial charge on any atom is -0.390 e. The Morgan fingerprint density at radius 1 is 0.786 bits per heavy atom. The van der Waals surface area contributed by atoms with Gasteiger partial charge in [-0.15, -0.1) is 0 Å². The molecule has 23 nitrogen and oxygen atoms in total. The molecule has 0 saturated carbocycles. The minimum absolute atomic E-state index is 0.0389. The quantitative estimate of drug-likeness (QED) is 0.0135. The number of aromatic nitrogens is 8. The van der Waals surface area contributed by atoms with Crippen LogP contribution in [0.25, 0.3) is 22.3 Å². The van der Waals surface area contributed by atoms with Gasteiger partial charge in [0.15, 0.2) is 17.5 Å². The molecule has 6 heterocycles. The number of anilines is 2. The number of unbranched alkanes of at least 4 members (excludes halogenated alkanes) is 15. The van der Waals surface area contributed by atoms with Crippen LogP contribution in [0.1, 0.15) is 141 Å². The summed E-state index contributed by atoms with van der Waals surface area (Å²) in [5, 5.41) is 25.5. The van der Waals surface area contributed by atoms with Gasteiger partial charge in [-0.2, -0.15) is 9.97 Å². The van der Waals surface area contributed by atoms with Crippen molar-refractivity contribution in [2.24, 2.45) is 0 Å². The third-order valence-corrected chi connectivity index (χ3v) is 15.3. The topological polar surface area (TPSA) is 328 Å². The highest BCUT2D eigenvalue weighted by molar-refractivity contribution is 8.07. The number of nitrogens with zero attached hydrogens (tertiary/aromatic N) is 6. The van der Waals surface area contributed by atoms with Crippen LogP contribution in [0, 0.1) is 9.28 Å². The summed E-state index contributed by atoms with van der Waals surface area (Å²) in [6.45, 7) is -2.71. The van der Waals surface area contributed by atoms with Crippen molar-refractivity contribution < 1.29 is 56.9 Å². The summed E-state index contributed by atoms with van der Waals surface area (Å²) in [7, 11) is -4.68. The molecular formula is C42H69N11O12P2S3.